The summed E-state index contributed by atoms with van der Waals surface area (Å²) in [5.41, 5.74) is 6.00. The topological polar surface area (TPSA) is 38.5 Å². The van der Waals surface area contributed by atoms with Gasteiger partial charge in [0.05, 0.1) is 11.7 Å². The van der Waals surface area contributed by atoms with Gasteiger partial charge >= 0.3 is 0 Å². The third-order valence-electron chi connectivity index (χ3n) is 4.73. The molecule has 2 rings (SSSR count). The minimum atomic E-state index is 0.281. The van der Waals surface area contributed by atoms with Gasteiger partial charge in [0, 0.05) is 13.1 Å². The Balaban J connectivity index is 1.78. The summed E-state index contributed by atoms with van der Waals surface area (Å²) in [5, 5.41) is 0. The first kappa shape index (κ1) is 14.3. The van der Waals surface area contributed by atoms with E-state index < -0.39 is 0 Å². The molecule has 2 fully saturated rings. The molecule has 3 nitrogen and oxygen atoms in total. The molecule has 1 saturated carbocycles. The molecule has 2 unspecified atom stereocenters. The SMILES string of the molecule is CCN(CC(C)CN)CC1CCC2(CCCC2)O1. The normalized spacial score (nSPS) is 28.3. The number of ether oxygens (including phenoxy) is 1. The Morgan fingerprint density at radius 1 is 1.33 bits per heavy atom. The van der Waals surface area contributed by atoms with Crippen molar-refractivity contribution in [1.82, 2.24) is 4.90 Å². The molecule has 0 aromatic heterocycles. The van der Waals surface area contributed by atoms with E-state index in [0.29, 0.717) is 12.0 Å². The Labute approximate surface area is 112 Å². The standard InChI is InChI=1S/C15H30N2O/c1-3-17(11-13(2)10-16)12-14-6-9-15(18-14)7-4-5-8-15/h13-14H,3-12,16H2,1-2H3. The van der Waals surface area contributed by atoms with Crippen LogP contribution in [0.2, 0.25) is 0 Å². The summed E-state index contributed by atoms with van der Waals surface area (Å²) >= 11 is 0. The summed E-state index contributed by atoms with van der Waals surface area (Å²) in [6.45, 7) is 8.58. The van der Waals surface area contributed by atoms with Gasteiger partial charge in [-0.1, -0.05) is 26.7 Å². The van der Waals surface area contributed by atoms with Gasteiger partial charge in [-0.3, -0.25) is 0 Å². The molecule has 0 bridgehead atoms. The average molecular weight is 254 g/mol. The predicted octanol–water partition coefficient (Wildman–Crippen LogP) is 2.39. The first-order valence-corrected chi connectivity index (χ1v) is 7.77. The van der Waals surface area contributed by atoms with Gasteiger partial charge in [0.25, 0.3) is 0 Å². The van der Waals surface area contributed by atoms with Crippen LogP contribution in [-0.4, -0.2) is 42.8 Å². The van der Waals surface area contributed by atoms with Crippen molar-refractivity contribution in [3.63, 3.8) is 0 Å². The molecule has 1 spiro atoms. The number of hydrogen-bond donors (Lipinski definition) is 1. The number of hydrogen-bond acceptors (Lipinski definition) is 3. The van der Waals surface area contributed by atoms with Gasteiger partial charge in [-0.25, -0.2) is 0 Å². The van der Waals surface area contributed by atoms with Crippen LogP contribution in [0.4, 0.5) is 0 Å². The van der Waals surface area contributed by atoms with E-state index in [1.54, 1.807) is 0 Å². The zero-order valence-electron chi connectivity index (χ0n) is 12.2. The molecule has 1 heterocycles. The molecule has 0 aromatic carbocycles. The Morgan fingerprint density at radius 2 is 2.06 bits per heavy atom. The Morgan fingerprint density at radius 3 is 2.67 bits per heavy atom. The van der Waals surface area contributed by atoms with Crippen LogP contribution in [0, 0.1) is 5.92 Å². The van der Waals surface area contributed by atoms with Crippen molar-refractivity contribution in [2.75, 3.05) is 26.2 Å². The fourth-order valence-electron chi connectivity index (χ4n) is 3.55. The minimum absolute atomic E-state index is 0.281. The fraction of sp³-hybridized carbons (Fsp3) is 1.00. The van der Waals surface area contributed by atoms with Gasteiger partial charge in [0.2, 0.25) is 0 Å². The summed E-state index contributed by atoms with van der Waals surface area (Å²) in [6.07, 6.45) is 8.36. The maximum Gasteiger partial charge on any atom is 0.0710 e. The lowest BCUT2D eigenvalue weighted by atomic mass is 9.98. The molecule has 1 aliphatic carbocycles. The van der Waals surface area contributed by atoms with E-state index in [-0.39, 0.29) is 5.60 Å². The highest BCUT2D eigenvalue weighted by atomic mass is 16.5. The van der Waals surface area contributed by atoms with E-state index >= 15 is 0 Å². The third kappa shape index (κ3) is 3.46. The molecule has 3 heteroatoms. The highest BCUT2D eigenvalue weighted by Gasteiger charge is 2.42. The van der Waals surface area contributed by atoms with Crippen LogP contribution >= 0.6 is 0 Å². The van der Waals surface area contributed by atoms with Gasteiger partial charge in [0.15, 0.2) is 0 Å². The van der Waals surface area contributed by atoms with Crippen molar-refractivity contribution in [3.8, 4) is 0 Å². The Kier molecular flexibility index (Phi) is 5.05. The summed E-state index contributed by atoms with van der Waals surface area (Å²) < 4.78 is 6.38. The smallest absolute Gasteiger partial charge is 0.0710 e. The number of likely N-dealkylation sites (N-methyl/N-ethyl adjacent to an activating group) is 1. The van der Waals surface area contributed by atoms with Crippen molar-refractivity contribution in [1.29, 1.82) is 0 Å². The molecule has 2 atom stereocenters. The van der Waals surface area contributed by atoms with Crippen molar-refractivity contribution >= 4 is 0 Å². The van der Waals surface area contributed by atoms with Crippen LogP contribution in [0.5, 0.6) is 0 Å². The van der Waals surface area contributed by atoms with E-state index in [1.165, 1.54) is 38.5 Å². The van der Waals surface area contributed by atoms with Crippen molar-refractivity contribution < 1.29 is 4.74 Å². The summed E-state index contributed by atoms with van der Waals surface area (Å²) in [4.78, 5) is 2.51. The predicted molar refractivity (Wildman–Crippen MR) is 75.6 cm³/mol. The molecule has 2 N–H and O–H groups in total. The van der Waals surface area contributed by atoms with E-state index in [9.17, 15) is 0 Å². The lowest BCUT2D eigenvalue weighted by Crippen LogP contribution is -2.38. The van der Waals surface area contributed by atoms with E-state index in [1.807, 2.05) is 0 Å². The lowest BCUT2D eigenvalue weighted by Gasteiger charge is -2.29. The number of nitrogens with zero attached hydrogens (tertiary/aromatic N) is 1. The molecular weight excluding hydrogens is 224 g/mol. The zero-order valence-corrected chi connectivity index (χ0v) is 12.2. The largest absolute Gasteiger partial charge is 0.370 e. The van der Waals surface area contributed by atoms with Gasteiger partial charge in [-0.05, 0) is 44.7 Å². The molecule has 18 heavy (non-hydrogen) atoms. The van der Waals surface area contributed by atoms with Crippen LogP contribution in [0.1, 0.15) is 52.4 Å². The summed E-state index contributed by atoms with van der Waals surface area (Å²) in [6, 6.07) is 0. The van der Waals surface area contributed by atoms with Crippen LogP contribution in [0.3, 0.4) is 0 Å². The average Bonchev–Trinajstić information content (AvgIpc) is 2.99. The maximum absolute atomic E-state index is 6.38. The molecular formula is C15H30N2O. The van der Waals surface area contributed by atoms with E-state index in [2.05, 4.69) is 18.7 Å². The molecule has 0 radical (unpaired) electrons. The second kappa shape index (κ2) is 6.36. The zero-order chi connectivity index (χ0) is 13.0. The van der Waals surface area contributed by atoms with E-state index in [0.717, 1.165) is 26.2 Å². The molecule has 0 amide bonds. The molecule has 1 aliphatic heterocycles. The second-order valence-corrected chi connectivity index (χ2v) is 6.36. The lowest BCUT2D eigenvalue weighted by molar-refractivity contribution is -0.0477. The highest BCUT2D eigenvalue weighted by molar-refractivity contribution is 4.93. The van der Waals surface area contributed by atoms with Crippen molar-refractivity contribution in [3.05, 3.63) is 0 Å². The number of rotatable bonds is 6. The quantitative estimate of drug-likeness (QED) is 0.791. The molecule has 0 aromatic rings. The molecule has 106 valence electrons. The van der Waals surface area contributed by atoms with Gasteiger partial charge in [-0.2, -0.15) is 0 Å². The van der Waals surface area contributed by atoms with Crippen LogP contribution in [0.15, 0.2) is 0 Å². The van der Waals surface area contributed by atoms with Crippen LogP contribution < -0.4 is 5.73 Å². The second-order valence-electron chi connectivity index (χ2n) is 6.36. The van der Waals surface area contributed by atoms with Crippen LogP contribution in [0.25, 0.3) is 0 Å². The van der Waals surface area contributed by atoms with Crippen molar-refractivity contribution in [2.45, 2.75) is 64.1 Å². The fourth-order valence-corrected chi connectivity index (χ4v) is 3.55. The van der Waals surface area contributed by atoms with Gasteiger partial charge in [-0.15, -0.1) is 0 Å². The molecule has 1 saturated heterocycles. The highest BCUT2D eigenvalue weighted by Crippen LogP contribution is 2.43. The monoisotopic (exact) mass is 254 g/mol. The third-order valence-corrected chi connectivity index (χ3v) is 4.73. The van der Waals surface area contributed by atoms with Crippen LogP contribution in [-0.2, 0) is 4.74 Å². The van der Waals surface area contributed by atoms with Gasteiger partial charge < -0.3 is 15.4 Å². The summed E-state index contributed by atoms with van der Waals surface area (Å²) in [5.74, 6) is 0.590. The Bertz CT molecular complexity index is 251. The first-order valence-electron chi connectivity index (χ1n) is 7.77. The van der Waals surface area contributed by atoms with Gasteiger partial charge in [0.1, 0.15) is 0 Å². The first-order chi connectivity index (χ1) is 8.67. The van der Waals surface area contributed by atoms with E-state index in [4.69, 9.17) is 10.5 Å². The Hall–Kier alpha value is -0.120. The van der Waals surface area contributed by atoms with Crippen molar-refractivity contribution in [2.24, 2.45) is 11.7 Å². The maximum atomic E-state index is 6.38. The summed E-state index contributed by atoms with van der Waals surface area (Å²) in [7, 11) is 0. The minimum Gasteiger partial charge on any atom is -0.370 e. The molecule has 2 aliphatic rings. The number of nitrogens with two attached hydrogens (primary N) is 1.